The van der Waals surface area contributed by atoms with E-state index in [0.717, 1.165) is 13.1 Å². The van der Waals surface area contributed by atoms with Crippen molar-refractivity contribution < 1.29 is 4.92 Å². The van der Waals surface area contributed by atoms with Gasteiger partial charge in [-0.3, -0.25) is 10.1 Å². The highest BCUT2D eigenvalue weighted by Gasteiger charge is 2.14. The van der Waals surface area contributed by atoms with Crippen molar-refractivity contribution in [2.45, 2.75) is 12.8 Å². The highest BCUT2D eigenvalue weighted by Crippen LogP contribution is 2.31. The normalized spacial score (nSPS) is 16.1. The van der Waals surface area contributed by atoms with Gasteiger partial charge >= 0.3 is 0 Å². The van der Waals surface area contributed by atoms with Crippen LogP contribution in [0, 0.1) is 21.4 Å². The Morgan fingerprint density at radius 3 is 2.55 bits per heavy atom. The average Bonchev–Trinajstić information content (AvgIpc) is 2.97. The third-order valence-electron chi connectivity index (χ3n) is 2.67. The van der Waals surface area contributed by atoms with Crippen molar-refractivity contribution in [3.8, 4) is 6.07 Å². The summed E-state index contributed by atoms with van der Waals surface area (Å²) >= 11 is 0. The number of rotatable bonds is 4. The van der Waals surface area contributed by atoms with Crippen LogP contribution in [0.4, 0.5) is 11.4 Å². The molecule has 0 atom stereocenters. The molecule has 0 saturated carbocycles. The number of nitriles is 1. The van der Waals surface area contributed by atoms with Gasteiger partial charge in [0.15, 0.2) is 5.04 Å². The van der Waals surface area contributed by atoms with Gasteiger partial charge in [0.2, 0.25) is 0 Å². The summed E-state index contributed by atoms with van der Waals surface area (Å²) in [6.07, 6.45) is 2.38. The van der Waals surface area contributed by atoms with Crippen molar-refractivity contribution in [3.05, 3.63) is 34.4 Å². The summed E-state index contributed by atoms with van der Waals surface area (Å²) in [7, 11) is 2.85. The van der Waals surface area contributed by atoms with E-state index in [0.29, 0.717) is 10.7 Å². The van der Waals surface area contributed by atoms with E-state index in [2.05, 4.69) is 9.30 Å². The molecule has 2 rings (SSSR count). The largest absolute Gasteiger partial charge is 0.269 e. The maximum atomic E-state index is 10.5. The van der Waals surface area contributed by atoms with Gasteiger partial charge in [0, 0.05) is 25.2 Å². The lowest BCUT2D eigenvalue weighted by Gasteiger charge is -2.10. The van der Waals surface area contributed by atoms with E-state index in [-0.39, 0.29) is 5.69 Å². The lowest BCUT2D eigenvalue weighted by Crippen LogP contribution is -2.07. The fourth-order valence-electron chi connectivity index (χ4n) is 1.68. The van der Waals surface area contributed by atoms with Crippen LogP contribution >= 0.6 is 21.8 Å². The topological polar surface area (TPSA) is 82.5 Å². The molecule has 6 nitrogen and oxygen atoms in total. The zero-order valence-electron chi connectivity index (χ0n) is 10.6. The van der Waals surface area contributed by atoms with Crippen LogP contribution in [0.3, 0.4) is 0 Å². The molecule has 1 heterocycles. The minimum atomic E-state index is -0.462. The maximum Gasteiger partial charge on any atom is 0.269 e. The molecule has 0 bridgehead atoms. The van der Waals surface area contributed by atoms with E-state index >= 15 is 0 Å². The van der Waals surface area contributed by atoms with Crippen LogP contribution in [-0.4, -0.2) is 27.4 Å². The first-order valence-corrected chi connectivity index (χ1v) is 8.12. The van der Waals surface area contributed by atoms with Crippen LogP contribution in [0.15, 0.2) is 29.3 Å². The molecular formula is C12H12N4O2S2. The van der Waals surface area contributed by atoms with E-state index in [1.165, 1.54) is 58.9 Å². The number of nitro groups is 1. The standard InChI is InChI=1S/C12H12N4O2S2/c13-9-12(19-20-15-7-1-2-8-15)14-10-3-5-11(6-4-10)16(17)18/h3-6H,1-2,7-8H2. The molecule has 0 unspecified atom stereocenters. The maximum absolute atomic E-state index is 10.5. The van der Waals surface area contributed by atoms with E-state index < -0.39 is 4.92 Å². The van der Waals surface area contributed by atoms with Gasteiger partial charge in [0.1, 0.15) is 6.07 Å². The molecule has 1 fully saturated rings. The zero-order valence-corrected chi connectivity index (χ0v) is 12.2. The lowest BCUT2D eigenvalue weighted by molar-refractivity contribution is -0.384. The second kappa shape index (κ2) is 7.28. The summed E-state index contributed by atoms with van der Waals surface area (Å²) < 4.78 is 2.20. The Morgan fingerprint density at radius 1 is 1.35 bits per heavy atom. The molecule has 0 aromatic heterocycles. The second-order valence-corrected chi connectivity index (χ2v) is 6.26. The Morgan fingerprint density at radius 2 is 2.00 bits per heavy atom. The molecular weight excluding hydrogens is 296 g/mol. The van der Waals surface area contributed by atoms with Gasteiger partial charge in [-0.05, 0) is 46.7 Å². The summed E-state index contributed by atoms with van der Waals surface area (Å²) in [5.74, 6) is 0. The predicted octanol–water partition coefficient (Wildman–Crippen LogP) is 3.54. The van der Waals surface area contributed by atoms with Gasteiger partial charge in [-0.15, -0.1) is 0 Å². The number of hydrogen-bond acceptors (Lipinski definition) is 7. The summed E-state index contributed by atoms with van der Waals surface area (Å²) in [5, 5.41) is 20.0. The molecule has 1 saturated heterocycles. The molecule has 104 valence electrons. The van der Waals surface area contributed by atoms with Crippen molar-refractivity contribution in [2.24, 2.45) is 4.99 Å². The average molecular weight is 308 g/mol. The molecule has 0 radical (unpaired) electrons. The number of nitrogens with zero attached hydrogens (tertiary/aromatic N) is 4. The number of hydrogen-bond donors (Lipinski definition) is 0. The Kier molecular flexibility index (Phi) is 5.40. The third-order valence-corrected chi connectivity index (χ3v) is 4.99. The van der Waals surface area contributed by atoms with Gasteiger partial charge in [-0.1, -0.05) is 0 Å². The monoisotopic (exact) mass is 308 g/mol. The smallest absolute Gasteiger partial charge is 0.258 e. The van der Waals surface area contributed by atoms with Crippen LogP contribution in [0.25, 0.3) is 0 Å². The van der Waals surface area contributed by atoms with Gasteiger partial charge in [-0.2, -0.15) is 5.26 Å². The Hall–Kier alpha value is -1.56. The van der Waals surface area contributed by atoms with Crippen LogP contribution in [0.5, 0.6) is 0 Å². The number of benzene rings is 1. The lowest BCUT2D eigenvalue weighted by atomic mass is 10.3. The quantitative estimate of drug-likeness (QED) is 0.211. The molecule has 0 amide bonds. The first-order chi connectivity index (χ1) is 9.69. The molecule has 1 aromatic carbocycles. The summed E-state index contributed by atoms with van der Waals surface area (Å²) in [6.45, 7) is 2.07. The molecule has 0 spiro atoms. The fourth-order valence-corrected chi connectivity index (χ4v) is 3.64. The molecule has 8 heteroatoms. The van der Waals surface area contributed by atoms with Crippen molar-refractivity contribution in [1.82, 2.24) is 4.31 Å². The van der Waals surface area contributed by atoms with Crippen molar-refractivity contribution in [3.63, 3.8) is 0 Å². The summed E-state index contributed by atoms with van der Waals surface area (Å²) in [5.41, 5.74) is 0.559. The van der Waals surface area contributed by atoms with Crippen LogP contribution in [-0.2, 0) is 0 Å². The van der Waals surface area contributed by atoms with Crippen LogP contribution < -0.4 is 0 Å². The molecule has 1 aliphatic rings. The zero-order chi connectivity index (χ0) is 14.4. The number of nitro benzene ring substituents is 1. The van der Waals surface area contributed by atoms with Crippen molar-refractivity contribution in [1.29, 1.82) is 5.26 Å². The van der Waals surface area contributed by atoms with Crippen molar-refractivity contribution in [2.75, 3.05) is 13.1 Å². The van der Waals surface area contributed by atoms with Crippen LogP contribution in [0.2, 0.25) is 0 Å². The van der Waals surface area contributed by atoms with E-state index in [1.54, 1.807) is 0 Å². The molecule has 1 aromatic rings. The molecule has 20 heavy (non-hydrogen) atoms. The van der Waals surface area contributed by atoms with Gasteiger partial charge < -0.3 is 0 Å². The number of non-ortho nitro benzene ring substituents is 1. The summed E-state index contributed by atoms with van der Waals surface area (Å²) in [4.78, 5) is 14.3. The Bertz CT molecular complexity index is 548. The van der Waals surface area contributed by atoms with E-state index in [9.17, 15) is 10.1 Å². The highest BCUT2D eigenvalue weighted by molar-refractivity contribution is 8.81. The van der Waals surface area contributed by atoms with Gasteiger partial charge in [0.05, 0.1) is 10.6 Å². The van der Waals surface area contributed by atoms with Gasteiger partial charge in [-0.25, -0.2) is 9.30 Å². The first kappa shape index (κ1) is 14.8. The predicted molar refractivity (Wildman–Crippen MR) is 81.8 cm³/mol. The fraction of sp³-hybridized carbons (Fsp3) is 0.333. The van der Waals surface area contributed by atoms with E-state index in [1.807, 2.05) is 6.07 Å². The third kappa shape index (κ3) is 4.23. The molecule has 0 aliphatic carbocycles. The highest BCUT2D eigenvalue weighted by atomic mass is 33.1. The van der Waals surface area contributed by atoms with Crippen LogP contribution in [0.1, 0.15) is 12.8 Å². The Balaban J connectivity index is 1.98. The van der Waals surface area contributed by atoms with E-state index in [4.69, 9.17) is 5.26 Å². The van der Waals surface area contributed by atoms with Crippen molar-refractivity contribution >= 4 is 38.2 Å². The second-order valence-electron chi connectivity index (χ2n) is 4.10. The SMILES string of the molecule is N#CC(=Nc1ccc([N+](=O)[O-])cc1)SSN1CCCC1. The minimum absolute atomic E-state index is 0.0153. The van der Waals surface area contributed by atoms with Gasteiger partial charge in [0.25, 0.3) is 5.69 Å². The minimum Gasteiger partial charge on any atom is -0.258 e. The first-order valence-electron chi connectivity index (χ1n) is 6.02. The Labute approximate surface area is 124 Å². The summed E-state index contributed by atoms with van der Waals surface area (Å²) in [6, 6.07) is 7.88. The molecule has 1 aliphatic heterocycles. The molecule has 0 N–H and O–H groups in total. The number of aliphatic imine (C=N–C) groups is 1.